The van der Waals surface area contributed by atoms with Gasteiger partial charge in [0.1, 0.15) is 0 Å². The topological polar surface area (TPSA) is 61.0 Å². The van der Waals surface area contributed by atoms with Crippen LogP contribution < -0.4 is 5.56 Å². The Balaban J connectivity index is 1.96. The zero-order valence-corrected chi connectivity index (χ0v) is 16.3. The molecule has 4 rings (SSSR count). The molecule has 0 atom stereocenters. The third-order valence-electron chi connectivity index (χ3n) is 4.75. The number of benzene rings is 3. The SMILES string of the molecule is CC(C)/[N+]([O-])=C/c1cccc(-c2nn(-c3ccccc3)c(=O)c3ccccc23)c1. The molecule has 0 aliphatic heterocycles. The van der Waals surface area contributed by atoms with E-state index in [2.05, 4.69) is 0 Å². The van der Waals surface area contributed by atoms with Gasteiger partial charge < -0.3 is 5.21 Å². The van der Waals surface area contributed by atoms with Gasteiger partial charge in [-0.3, -0.25) is 4.79 Å². The first kappa shape index (κ1) is 18.6. The molecule has 144 valence electrons. The van der Waals surface area contributed by atoms with Crippen LogP contribution in [0.25, 0.3) is 27.7 Å². The van der Waals surface area contributed by atoms with Gasteiger partial charge in [-0.1, -0.05) is 48.5 Å². The Morgan fingerprint density at radius 1 is 0.931 bits per heavy atom. The molecule has 3 aromatic carbocycles. The average Bonchev–Trinajstić information content (AvgIpc) is 2.75. The van der Waals surface area contributed by atoms with E-state index in [1.807, 2.05) is 92.7 Å². The molecular weight excluding hydrogens is 362 g/mol. The lowest BCUT2D eigenvalue weighted by Gasteiger charge is -2.12. The van der Waals surface area contributed by atoms with E-state index in [0.717, 1.165) is 21.3 Å². The van der Waals surface area contributed by atoms with Gasteiger partial charge in [-0.05, 0) is 44.2 Å². The van der Waals surface area contributed by atoms with Crippen molar-refractivity contribution in [2.75, 3.05) is 0 Å². The molecule has 0 saturated heterocycles. The molecule has 5 heteroatoms. The molecule has 1 aromatic heterocycles. The van der Waals surface area contributed by atoms with Crippen LogP contribution in [0.4, 0.5) is 0 Å². The fraction of sp³-hybridized carbons (Fsp3) is 0.125. The molecule has 0 radical (unpaired) electrons. The van der Waals surface area contributed by atoms with Crippen LogP contribution in [0.3, 0.4) is 0 Å². The van der Waals surface area contributed by atoms with E-state index in [0.29, 0.717) is 16.8 Å². The molecule has 29 heavy (non-hydrogen) atoms. The van der Waals surface area contributed by atoms with E-state index < -0.39 is 0 Å². The number of fused-ring (bicyclic) bond motifs is 1. The predicted octanol–water partition coefficient (Wildman–Crippen LogP) is 4.39. The molecule has 0 spiro atoms. The summed E-state index contributed by atoms with van der Waals surface area (Å²) < 4.78 is 2.36. The van der Waals surface area contributed by atoms with Crippen LogP contribution in [0, 0.1) is 5.21 Å². The fourth-order valence-electron chi connectivity index (χ4n) is 3.21. The quantitative estimate of drug-likeness (QED) is 0.227. The maximum absolute atomic E-state index is 13.0. The molecule has 1 heterocycles. The maximum Gasteiger partial charge on any atom is 0.279 e. The molecule has 5 nitrogen and oxygen atoms in total. The van der Waals surface area contributed by atoms with Crippen molar-refractivity contribution < 1.29 is 4.74 Å². The van der Waals surface area contributed by atoms with Gasteiger partial charge in [0.2, 0.25) is 0 Å². The van der Waals surface area contributed by atoms with E-state index in [4.69, 9.17) is 5.10 Å². The molecule has 0 unspecified atom stereocenters. The number of hydrogen-bond acceptors (Lipinski definition) is 3. The van der Waals surface area contributed by atoms with Crippen LogP contribution in [0.5, 0.6) is 0 Å². The van der Waals surface area contributed by atoms with Crippen LogP contribution in [-0.4, -0.2) is 26.8 Å². The lowest BCUT2D eigenvalue weighted by molar-refractivity contribution is -0.487. The Bertz CT molecular complexity index is 1260. The van der Waals surface area contributed by atoms with Crippen molar-refractivity contribution in [1.82, 2.24) is 9.78 Å². The summed E-state index contributed by atoms with van der Waals surface area (Å²) in [6.07, 6.45) is 1.57. The Labute approximate surface area is 168 Å². The Kier molecular flexibility index (Phi) is 4.96. The van der Waals surface area contributed by atoms with E-state index in [1.54, 1.807) is 6.21 Å². The lowest BCUT2D eigenvalue weighted by Crippen LogP contribution is -2.22. The molecule has 4 aromatic rings. The normalized spacial score (nSPS) is 11.9. The highest BCUT2D eigenvalue weighted by Gasteiger charge is 2.14. The van der Waals surface area contributed by atoms with Crippen LogP contribution in [0.15, 0.2) is 83.7 Å². The molecule has 0 aliphatic carbocycles. The zero-order valence-electron chi connectivity index (χ0n) is 16.3. The summed E-state index contributed by atoms with van der Waals surface area (Å²) in [5, 5.41) is 18.1. The number of para-hydroxylation sites is 1. The monoisotopic (exact) mass is 383 g/mol. The van der Waals surface area contributed by atoms with Gasteiger partial charge in [0.05, 0.1) is 16.8 Å². The smallest absolute Gasteiger partial charge is 0.279 e. The van der Waals surface area contributed by atoms with Crippen LogP contribution in [0.2, 0.25) is 0 Å². The number of aromatic nitrogens is 2. The molecule has 0 N–H and O–H groups in total. The third-order valence-corrected chi connectivity index (χ3v) is 4.75. The summed E-state index contributed by atoms with van der Waals surface area (Å²) in [5.41, 5.74) is 2.87. The van der Waals surface area contributed by atoms with E-state index >= 15 is 0 Å². The van der Waals surface area contributed by atoms with Gasteiger partial charge in [0, 0.05) is 16.5 Å². The number of hydrogen-bond donors (Lipinski definition) is 0. The molecule has 0 amide bonds. The highest BCUT2D eigenvalue weighted by atomic mass is 16.5. The minimum Gasteiger partial charge on any atom is -0.624 e. The van der Waals surface area contributed by atoms with Crippen molar-refractivity contribution >= 4 is 17.0 Å². The van der Waals surface area contributed by atoms with Crippen LogP contribution >= 0.6 is 0 Å². The maximum atomic E-state index is 13.0. The van der Waals surface area contributed by atoms with E-state index in [1.165, 1.54) is 4.68 Å². The first-order valence-electron chi connectivity index (χ1n) is 9.53. The van der Waals surface area contributed by atoms with Crippen molar-refractivity contribution in [3.63, 3.8) is 0 Å². The van der Waals surface area contributed by atoms with E-state index in [9.17, 15) is 10.0 Å². The minimum atomic E-state index is -0.163. The standard InChI is InChI=1S/C24H21N3O2/c1-17(2)26(29)16-18-9-8-10-19(15-18)23-21-13-6-7-14-22(21)24(28)27(25-23)20-11-4-3-5-12-20/h3-17H,1-2H3/b26-16-. The molecule has 0 aliphatic rings. The Hall–Kier alpha value is -3.73. The van der Waals surface area contributed by atoms with Crippen LogP contribution in [-0.2, 0) is 0 Å². The highest BCUT2D eigenvalue weighted by Crippen LogP contribution is 2.26. The van der Waals surface area contributed by atoms with Gasteiger partial charge in [0.25, 0.3) is 5.56 Å². The van der Waals surface area contributed by atoms with Gasteiger partial charge in [-0.2, -0.15) is 9.78 Å². The summed E-state index contributed by atoms with van der Waals surface area (Å²) in [5.74, 6) is 0. The average molecular weight is 383 g/mol. The largest absolute Gasteiger partial charge is 0.624 e. The second-order valence-corrected chi connectivity index (χ2v) is 7.15. The summed E-state index contributed by atoms with van der Waals surface area (Å²) in [4.78, 5) is 13.0. The van der Waals surface area contributed by atoms with Crippen molar-refractivity contribution in [1.29, 1.82) is 0 Å². The van der Waals surface area contributed by atoms with Crippen molar-refractivity contribution in [3.05, 3.63) is 100.0 Å². The van der Waals surface area contributed by atoms with Crippen LogP contribution in [0.1, 0.15) is 19.4 Å². The predicted molar refractivity (Wildman–Crippen MR) is 117 cm³/mol. The van der Waals surface area contributed by atoms with Crippen molar-refractivity contribution in [2.24, 2.45) is 0 Å². The first-order chi connectivity index (χ1) is 14.0. The first-order valence-corrected chi connectivity index (χ1v) is 9.53. The van der Waals surface area contributed by atoms with Gasteiger partial charge in [-0.15, -0.1) is 0 Å². The molecule has 0 saturated carbocycles. The number of rotatable bonds is 4. The number of nitrogens with zero attached hydrogens (tertiary/aromatic N) is 3. The molecular formula is C24H21N3O2. The minimum absolute atomic E-state index is 0.141. The summed E-state index contributed by atoms with van der Waals surface area (Å²) in [6.45, 7) is 3.69. The Morgan fingerprint density at radius 3 is 2.34 bits per heavy atom. The number of hydroxylamine groups is 1. The summed E-state index contributed by atoms with van der Waals surface area (Å²) >= 11 is 0. The fourth-order valence-corrected chi connectivity index (χ4v) is 3.21. The molecule has 0 bridgehead atoms. The second-order valence-electron chi connectivity index (χ2n) is 7.15. The van der Waals surface area contributed by atoms with Gasteiger partial charge >= 0.3 is 0 Å². The highest BCUT2D eigenvalue weighted by molar-refractivity contribution is 5.94. The second kappa shape index (κ2) is 7.72. The molecule has 0 fully saturated rings. The van der Waals surface area contributed by atoms with E-state index in [-0.39, 0.29) is 11.6 Å². The lowest BCUT2D eigenvalue weighted by atomic mass is 10.0. The van der Waals surface area contributed by atoms with Crippen molar-refractivity contribution in [3.8, 4) is 16.9 Å². The van der Waals surface area contributed by atoms with Crippen molar-refractivity contribution in [2.45, 2.75) is 19.9 Å². The third kappa shape index (κ3) is 3.67. The zero-order chi connectivity index (χ0) is 20.4. The summed E-state index contributed by atoms with van der Waals surface area (Å²) in [7, 11) is 0. The van der Waals surface area contributed by atoms with Gasteiger partial charge in [0.15, 0.2) is 12.3 Å². The van der Waals surface area contributed by atoms with Gasteiger partial charge in [-0.25, -0.2) is 4.74 Å². The summed E-state index contributed by atoms with van der Waals surface area (Å²) in [6, 6.07) is 24.3. The Morgan fingerprint density at radius 2 is 1.62 bits per heavy atom.